The number of benzene rings is 1. The Kier molecular flexibility index (Phi) is 9.82. The zero-order valence-corrected chi connectivity index (χ0v) is 26.4. The summed E-state index contributed by atoms with van der Waals surface area (Å²) in [6, 6.07) is 10.5. The lowest BCUT2D eigenvalue weighted by Gasteiger charge is -2.35. The first kappa shape index (κ1) is 30.7. The highest BCUT2D eigenvalue weighted by Gasteiger charge is 2.25. The van der Waals surface area contributed by atoms with Crippen molar-refractivity contribution in [1.82, 2.24) is 20.2 Å². The number of piperidine rings is 2. The summed E-state index contributed by atoms with van der Waals surface area (Å²) in [5.41, 5.74) is 3.52. The van der Waals surface area contributed by atoms with Gasteiger partial charge in [-0.3, -0.25) is 9.78 Å². The Morgan fingerprint density at radius 2 is 1.84 bits per heavy atom. The predicted octanol–water partition coefficient (Wildman–Crippen LogP) is 5.70. The molecule has 2 aliphatic rings. The number of hydrogen-bond donors (Lipinski definition) is 3. The third-order valence-corrected chi connectivity index (χ3v) is 8.76. The van der Waals surface area contributed by atoms with Gasteiger partial charge in [0.15, 0.2) is 0 Å². The molecule has 0 radical (unpaired) electrons. The van der Waals surface area contributed by atoms with Gasteiger partial charge in [0.2, 0.25) is 0 Å². The highest BCUT2D eigenvalue weighted by atomic mass is 32.1. The van der Waals surface area contributed by atoms with Crippen LogP contribution in [0.1, 0.15) is 56.9 Å². The monoisotopic (exact) mass is 605 g/mol. The maximum Gasteiger partial charge on any atom is 0.407 e. The zero-order chi connectivity index (χ0) is 30.4. The largest absolute Gasteiger partial charge is 0.444 e. The van der Waals surface area contributed by atoms with Crippen LogP contribution in [0.3, 0.4) is 0 Å². The molecule has 0 bridgehead atoms. The molecule has 0 aliphatic carbocycles. The highest BCUT2D eigenvalue weighted by molar-refractivity contribution is 7.13. The molecular weight excluding hydrogens is 562 g/mol. The Morgan fingerprint density at radius 1 is 1.07 bits per heavy atom. The van der Waals surface area contributed by atoms with E-state index < -0.39 is 5.60 Å². The molecule has 0 spiro atoms. The number of ether oxygens (including phenoxy) is 1. The molecule has 3 aromatic rings. The lowest BCUT2D eigenvalue weighted by molar-refractivity contribution is 0.0516. The summed E-state index contributed by atoms with van der Waals surface area (Å²) in [4.78, 5) is 39.0. The van der Waals surface area contributed by atoms with E-state index >= 15 is 0 Å². The van der Waals surface area contributed by atoms with Gasteiger partial charge in [0.05, 0.1) is 11.4 Å². The van der Waals surface area contributed by atoms with Crippen LogP contribution in [0.4, 0.5) is 21.9 Å². The number of likely N-dealkylation sites (tertiary alicyclic amines) is 1. The second kappa shape index (κ2) is 13.7. The minimum atomic E-state index is -0.512. The Labute approximate surface area is 258 Å². The molecule has 2 fully saturated rings. The van der Waals surface area contributed by atoms with Crippen LogP contribution in [0.5, 0.6) is 0 Å². The summed E-state index contributed by atoms with van der Waals surface area (Å²) in [5.74, 6) is 0.133. The molecule has 11 heteroatoms. The fourth-order valence-corrected chi connectivity index (χ4v) is 6.29. The first-order valence-corrected chi connectivity index (χ1v) is 16.0. The molecule has 10 nitrogen and oxygen atoms in total. The Balaban J connectivity index is 1.28. The Bertz CT molecular complexity index is 1380. The Hall–Kier alpha value is -3.70. The van der Waals surface area contributed by atoms with Crippen molar-refractivity contribution in [3.8, 4) is 10.6 Å². The summed E-state index contributed by atoms with van der Waals surface area (Å²) in [7, 11) is 2.16. The molecule has 0 atom stereocenters. The molecule has 3 N–H and O–H groups in total. The molecular formula is C32H43N7O3S. The summed E-state index contributed by atoms with van der Waals surface area (Å²) in [6.07, 6.45) is 7.13. The van der Waals surface area contributed by atoms with E-state index in [9.17, 15) is 9.59 Å². The number of thiazole rings is 1. The number of pyridine rings is 1. The van der Waals surface area contributed by atoms with E-state index in [0.717, 1.165) is 79.5 Å². The number of carbonyl (C=O) groups excluding carboxylic acids is 2. The molecule has 5 rings (SSSR count). The molecule has 0 saturated carbocycles. The van der Waals surface area contributed by atoms with Crippen molar-refractivity contribution in [1.29, 1.82) is 0 Å². The van der Waals surface area contributed by atoms with Gasteiger partial charge in [0, 0.05) is 54.7 Å². The molecule has 43 heavy (non-hydrogen) atoms. The van der Waals surface area contributed by atoms with Gasteiger partial charge in [0.1, 0.15) is 16.3 Å². The van der Waals surface area contributed by atoms with Gasteiger partial charge >= 0.3 is 6.09 Å². The van der Waals surface area contributed by atoms with Crippen molar-refractivity contribution in [2.45, 2.75) is 58.1 Å². The van der Waals surface area contributed by atoms with E-state index in [-0.39, 0.29) is 12.0 Å². The standard InChI is InChI=1S/C32H43N7O3S/c1-32(2,3)42-31(41)34-19-22-9-16-39(17-10-22)28-8-7-25(35-24-11-14-38(4)15-12-24)18-26(28)36-29(40)27-21-43-30(37-27)23-6-5-13-33-20-23/h5-8,13,18,20-22,24,35H,9-12,14-17,19H2,1-4H3,(H,34,41)(H,36,40). The molecule has 2 saturated heterocycles. The van der Waals surface area contributed by atoms with E-state index in [1.807, 2.05) is 32.9 Å². The number of nitrogens with one attached hydrogen (secondary N) is 3. The fraction of sp³-hybridized carbons (Fsp3) is 0.500. The number of alkyl carbamates (subject to hydrolysis) is 1. The van der Waals surface area contributed by atoms with Crippen LogP contribution in [0, 0.1) is 5.92 Å². The highest BCUT2D eigenvalue weighted by Crippen LogP contribution is 2.34. The number of hydrogen-bond acceptors (Lipinski definition) is 9. The number of aromatic nitrogens is 2. The van der Waals surface area contributed by atoms with Crippen LogP contribution >= 0.6 is 11.3 Å². The lowest BCUT2D eigenvalue weighted by Crippen LogP contribution is -2.40. The van der Waals surface area contributed by atoms with E-state index in [0.29, 0.717) is 24.2 Å². The van der Waals surface area contributed by atoms with E-state index in [1.54, 1.807) is 17.8 Å². The van der Waals surface area contributed by atoms with Gasteiger partial charge in [-0.25, -0.2) is 9.78 Å². The number of nitrogens with zero attached hydrogens (tertiary/aromatic N) is 4. The third kappa shape index (κ3) is 8.67. The second-order valence-electron chi connectivity index (χ2n) is 12.5. The SMILES string of the molecule is CN1CCC(Nc2ccc(N3CCC(CNC(=O)OC(C)(C)C)CC3)c(NC(=O)c3csc(-c4cccnc4)n3)c2)CC1. The number of anilines is 3. The second-order valence-corrected chi connectivity index (χ2v) is 13.4. The van der Waals surface area contributed by atoms with Crippen LogP contribution in [0.25, 0.3) is 10.6 Å². The first-order valence-electron chi connectivity index (χ1n) is 15.1. The third-order valence-electron chi connectivity index (χ3n) is 7.87. The van der Waals surface area contributed by atoms with E-state index in [2.05, 4.69) is 61.0 Å². The van der Waals surface area contributed by atoms with E-state index in [4.69, 9.17) is 4.74 Å². The topological polar surface area (TPSA) is 112 Å². The van der Waals surface area contributed by atoms with Crippen LogP contribution in [-0.2, 0) is 4.74 Å². The van der Waals surface area contributed by atoms with Gasteiger partial charge < -0.3 is 30.5 Å². The van der Waals surface area contributed by atoms with Gasteiger partial charge in [-0.15, -0.1) is 11.3 Å². The molecule has 230 valence electrons. The molecule has 2 aromatic heterocycles. The number of rotatable bonds is 8. The lowest BCUT2D eigenvalue weighted by atomic mass is 9.96. The maximum absolute atomic E-state index is 13.5. The van der Waals surface area contributed by atoms with Crippen LogP contribution in [0.2, 0.25) is 0 Å². The molecule has 0 unspecified atom stereocenters. The van der Waals surface area contributed by atoms with Crippen LogP contribution < -0.4 is 20.9 Å². The fourth-order valence-electron chi connectivity index (χ4n) is 5.50. The zero-order valence-electron chi connectivity index (χ0n) is 25.6. The van der Waals surface area contributed by atoms with Crippen molar-refractivity contribution >= 4 is 40.4 Å². The smallest absolute Gasteiger partial charge is 0.407 e. The van der Waals surface area contributed by atoms with Crippen molar-refractivity contribution in [2.24, 2.45) is 5.92 Å². The Morgan fingerprint density at radius 3 is 2.53 bits per heavy atom. The molecule has 4 heterocycles. The predicted molar refractivity (Wildman–Crippen MR) is 173 cm³/mol. The van der Waals surface area contributed by atoms with Crippen LogP contribution in [-0.4, -0.2) is 78.3 Å². The van der Waals surface area contributed by atoms with Crippen LogP contribution in [0.15, 0.2) is 48.1 Å². The number of carbonyl (C=O) groups is 2. The van der Waals surface area contributed by atoms with Crippen molar-refractivity contribution < 1.29 is 14.3 Å². The average molecular weight is 606 g/mol. The van der Waals surface area contributed by atoms with E-state index in [1.165, 1.54) is 11.3 Å². The maximum atomic E-state index is 13.5. The minimum Gasteiger partial charge on any atom is -0.444 e. The normalized spacial score (nSPS) is 17.0. The summed E-state index contributed by atoms with van der Waals surface area (Å²) in [5, 5.41) is 12.3. The molecule has 2 amide bonds. The molecule has 1 aromatic carbocycles. The first-order chi connectivity index (χ1) is 20.6. The summed E-state index contributed by atoms with van der Waals surface area (Å²) in [6.45, 7) is 9.98. The van der Waals surface area contributed by atoms with Gasteiger partial charge in [0.25, 0.3) is 5.91 Å². The van der Waals surface area contributed by atoms with Crippen molar-refractivity contribution in [3.63, 3.8) is 0 Å². The summed E-state index contributed by atoms with van der Waals surface area (Å²) < 4.78 is 5.39. The molecule has 2 aliphatic heterocycles. The number of amides is 2. The minimum absolute atomic E-state index is 0.236. The average Bonchev–Trinajstić information content (AvgIpc) is 3.48. The summed E-state index contributed by atoms with van der Waals surface area (Å²) >= 11 is 1.43. The van der Waals surface area contributed by atoms with Crippen molar-refractivity contribution in [3.05, 3.63) is 53.8 Å². The van der Waals surface area contributed by atoms with Gasteiger partial charge in [-0.1, -0.05) is 0 Å². The van der Waals surface area contributed by atoms with Gasteiger partial charge in [-0.05, 0) is 103 Å². The van der Waals surface area contributed by atoms with Gasteiger partial charge in [-0.2, -0.15) is 0 Å². The quantitative estimate of drug-likeness (QED) is 0.300. The van der Waals surface area contributed by atoms with Crippen molar-refractivity contribution in [2.75, 3.05) is 55.3 Å².